The predicted octanol–water partition coefficient (Wildman–Crippen LogP) is 2.59. The summed E-state index contributed by atoms with van der Waals surface area (Å²) in [5.74, 6) is -2.29. The third-order valence-corrected chi connectivity index (χ3v) is 8.05. The molecule has 4 rings (SSSR count). The Balaban J connectivity index is 1.73. The molecule has 1 spiro atoms. The second-order valence-corrected chi connectivity index (χ2v) is 10.2. The SMILES string of the molecule is CCCNC(=O)[C@@H]1[C@@H]2CCC3(O2)C(C(=O)Nc2ccc(Cl)cc2)N([C@@H](CO)[C@@H](C)CC)C(=O)[C@H]13. The smallest absolute Gasteiger partial charge is 0.250 e. The third-order valence-electron chi connectivity index (χ3n) is 7.80. The quantitative estimate of drug-likeness (QED) is 0.492. The molecule has 34 heavy (non-hydrogen) atoms. The molecule has 1 aromatic rings. The number of fused-ring (bicyclic) bond motifs is 1. The third kappa shape index (κ3) is 3.99. The Morgan fingerprint density at radius 1 is 1.26 bits per heavy atom. The summed E-state index contributed by atoms with van der Waals surface area (Å²) in [6.45, 7) is 6.16. The number of carbonyl (C=O) groups is 3. The first-order valence-corrected chi connectivity index (χ1v) is 12.6. The van der Waals surface area contributed by atoms with E-state index in [0.29, 0.717) is 30.1 Å². The number of hydrogen-bond acceptors (Lipinski definition) is 5. The van der Waals surface area contributed by atoms with E-state index in [0.717, 1.165) is 12.8 Å². The molecule has 3 saturated heterocycles. The lowest BCUT2D eigenvalue weighted by atomic mass is 9.70. The van der Waals surface area contributed by atoms with Gasteiger partial charge in [-0.2, -0.15) is 0 Å². The second-order valence-electron chi connectivity index (χ2n) is 9.72. The van der Waals surface area contributed by atoms with E-state index in [-0.39, 0.29) is 30.2 Å². The van der Waals surface area contributed by atoms with E-state index in [1.54, 1.807) is 24.3 Å². The van der Waals surface area contributed by atoms with Crippen molar-refractivity contribution in [2.75, 3.05) is 18.5 Å². The molecule has 3 fully saturated rings. The van der Waals surface area contributed by atoms with Crippen molar-refractivity contribution in [3.8, 4) is 0 Å². The summed E-state index contributed by atoms with van der Waals surface area (Å²) in [5.41, 5.74) is -0.539. The van der Waals surface area contributed by atoms with Crippen molar-refractivity contribution in [3.05, 3.63) is 29.3 Å². The summed E-state index contributed by atoms with van der Waals surface area (Å²) in [7, 11) is 0. The Bertz CT molecular complexity index is 941. The minimum absolute atomic E-state index is 0.0421. The zero-order valence-corrected chi connectivity index (χ0v) is 20.7. The summed E-state index contributed by atoms with van der Waals surface area (Å²) >= 11 is 5.98. The molecule has 3 aliphatic rings. The number of likely N-dealkylation sites (tertiary alicyclic amines) is 1. The molecule has 9 heteroatoms. The highest BCUT2D eigenvalue weighted by atomic mass is 35.5. The second kappa shape index (κ2) is 9.84. The number of halogens is 1. The van der Waals surface area contributed by atoms with E-state index in [1.807, 2.05) is 20.8 Å². The van der Waals surface area contributed by atoms with Gasteiger partial charge in [0.1, 0.15) is 11.6 Å². The lowest BCUT2D eigenvalue weighted by molar-refractivity contribution is -0.145. The van der Waals surface area contributed by atoms with Crippen LogP contribution in [-0.2, 0) is 19.1 Å². The molecule has 7 atom stereocenters. The van der Waals surface area contributed by atoms with Crippen molar-refractivity contribution in [2.24, 2.45) is 17.8 Å². The number of benzene rings is 1. The number of aliphatic hydroxyl groups is 1. The van der Waals surface area contributed by atoms with Gasteiger partial charge < -0.3 is 25.4 Å². The Morgan fingerprint density at radius 2 is 1.97 bits per heavy atom. The van der Waals surface area contributed by atoms with Gasteiger partial charge in [0, 0.05) is 17.3 Å². The van der Waals surface area contributed by atoms with Crippen LogP contribution in [0.1, 0.15) is 46.5 Å². The number of hydrogen-bond donors (Lipinski definition) is 3. The highest BCUT2D eigenvalue weighted by molar-refractivity contribution is 6.30. The van der Waals surface area contributed by atoms with Gasteiger partial charge in [-0.3, -0.25) is 14.4 Å². The fourth-order valence-electron chi connectivity index (χ4n) is 5.97. The molecule has 0 aliphatic carbocycles. The Labute approximate surface area is 205 Å². The molecule has 2 bridgehead atoms. The zero-order chi connectivity index (χ0) is 24.6. The average Bonchev–Trinajstić information content (AvgIpc) is 3.47. The average molecular weight is 492 g/mol. The highest BCUT2D eigenvalue weighted by Gasteiger charge is 2.75. The van der Waals surface area contributed by atoms with Gasteiger partial charge in [-0.05, 0) is 49.4 Å². The van der Waals surface area contributed by atoms with E-state index in [9.17, 15) is 19.5 Å². The topological polar surface area (TPSA) is 108 Å². The summed E-state index contributed by atoms with van der Waals surface area (Å²) < 4.78 is 6.41. The normalized spacial score (nSPS) is 31.3. The summed E-state index contributed by atoms with van der Waals surface area (Å²) in [5, 5.41) is 16.7. The van der Waals surface area contributed by atoms with Crippen molar-refractivity contribution in [1.82, 2.24) is 10.2 Å². The number of carbonyl (C=O) groups excluding carboxylic acids is 3. The predicted molar refractivity (Wildman–Crippen MR) is 128 cm³/mol. The van der Waals surface area contributed by atoms with Crippen molar-refractivity contribution in [3.63, 3.8) is 0 Å². The molecule has 8 nitrogen and oxygen atoms in total. The van der Waals surface area contributed by atoms with E-state index < -0.39 is 35.6 Å². The molecule has 3 N–H and O–H groups in total. The van der Waals surface area contributed by atoms with Crippen LogP contribution in [0, 0.1) is 17.8 Å². The van der Waals surface area contributed by atoms with Gasteiger partial charge in [0.2, 0.25) is 17.7 Å². The first-order chi connectivity index (χ1) is 16.3. The minimum atomic E-state index is -1.09. The number of anilines is 1. The fraction of sp³-hybridized carbons (Fsp3) is 0.640. The monoisotopic (exact) mass is 491 g/mol. The van der Waals surface area contributed by atoms with Gasteiger partial charge in [0.15, 0.2) is 0 Å². The van der Waals surface area contributed by atoms with Crippen LogP contribution in [0.3, 0.4) is 0 Å². The lowest BCUT2D eigenvalue weighted by Crippen LogP contribution is -2.57. The number of nitrogens with zero attached hydrogens (tertiary/aromatic N) is 1. The summed E-state index contributed by atoms with van der Waals surface area (Å²) in [6, 6.07) is 5.25. The molecule has 2 unspecified atom stereocenters. The fourth-order valence-corrected chi connectivity index (χ4v) is 6.10. The van der Waals surface area contributed by atoms with Gasteiger partial charge in [0.05, 0.1) is 30.6 Å². The molecular formula is C25H34ClN3O5. The first kappa shape index (κ1) is 24.9. The van der Waals surface area contributed by atoms with Crippen molar-refractivity contribution in [1.29, 1.82) is 0 Å². The maximum Gasteiger partial charge on any atom is 0.250 e. The molecule has 3 aliphatic heterocycles. The van der Waals surface area contributed by atoms with Crippen LogP contribution < -0.4 is 10.6 Å². The highest BCUT2D eigenvalue weighted by Crippen LogP contribution is 2.59. The van der Waals surface area contributed by atoms with Gasteiger partial charge in [-0.1, -0.05) is 38.8 Å². The lowest BCUT2D eigenvalue weighted by Gasteiger charge is -2.38. The van der Waals surface area contributed by atoms with Crippen LogP contribution in [0.15, 0.2) is 24.3 Å². The van der Waals surface area contributed by atoms with Crippen LogP contribution >= 0.6 is 11.6 Å². The summed E-state index contributed by atoms with van der Waals surface area (Å²) in [4.78, 5) is 42.3. The number of nitrogens with one attached hydrogen (secondary N) is 2. The number of aliphatic hydroxyl groups excluding tert-OH is 1. The maximum atomic E-state index is 14.0. The standard InChI is InChI=1S/C25H34ClN3O5/c1-4-12-27-22(31)19-18-10-11-25(34-18)20(19)24(33)29(17(13-30)14(3)5-2)21(25)23(32)28-16-8-6-15(26)7-9-16/h6-9,14,17-21,30H,4-5,10-13H2,1-3H3,(H,27,31)(H,28,32)/t14-,17-,18-,19+,20-,21?,25?/m0/s1. The molecule has 3 amide bonds. The van der Waals surface area contributed by atoms with Crippen LogP contribution in [0.4, 0.5) is 5.69 Å². The number of ether oxygens (including phenoxy) is 1. The Hall–Kier alpha value is -2.16. The molecular weight excluding hydrogens is 458 g/mol. The Kier molecular flexibility index (Phi) is 7.22. The van der Waals surface area contributed by atoms with Crippen LogP contribution in [0.2, 0.25) is 5.02 Å². The molecule has 1 aromatic carbocycles. The molecule has 3 heterocycles. The van der Waals surface area contributed by atoms with Gasteiger partial charge >= 0.3 is 0 Å². The summed E-state index contributed by atoms with van der Waals surface area (Å²) in [6.07, 6.45) is 2.24. The number of amides is 3. The van der Waals surface area contributed by atoms with Crippen LogP contribution in [0.5, 0.6) is 0 Å². The molecule has 186 valence electrons. The van der Waals surface area contributed by atoms with Gasteiger partial charge in [-0.15, -0.1) is 0 Å². The largest absolute Gasteiger partial charge is 0.394 e. The zero-order valence-electron chi connectivity index (χ0n) is 19.9. The van der Waals surface area contributed by atoms with E-state index in [4.69, 9.17) is 16.3 Å². The minimum Gasteiger partial charge on any atom is -0.394 e. The molecule has 0 radical (unpaired) electrons. The van der Waals surface area contributed by atoms with Gasteiger partial charge in [-0.25, -0.2) is 0 Å². The van der Waals surface area contributed by atoms with Crippen LogP contribution in [0.25, 0.3) is 0 Å². The molecule has 0 saturated carbocycles. The van der Waals surface area contributed by atoms with Crippen molar-refractivity contribution in [2.45, 2.75) is 70.2 Å². The van der Waals surface area contributed by atoms with E-state index in [1.165, 1.54) is 4.90 Å². The number of rotatable bonds is 9. The first-order valence-electron chi connectivity index (χ1n) is 12.2. The van der Waals surface area contributed by atoms with Crippen molar-refractivity contribution >= 4 is 35.0 Å². The van der Waals surface area contributed by atoms with Crippen LogP contribution in [-0.4, -0.2) is 64.7 Å². The van der Waals surface area contributed by atoms with Gasteiger partial charge in [0.25, 0.3) is 0 Å². The van der Waals surface area contributed by atoms with E-state index in [2.05, 4.69) is 10.6 Å². The maximum absolute atomic E-state index is 14.0. The van der Waals surface area contributed by atoms with E-state index >= 15 is 0 Å². The van der Waals surface area contributed by atoms with Crippen molar-refractivity contribution < 1.29 is 24.2 Å². The molecule has 0 aromatic heterocycles. The Morgan fingerprint density at radius 3 is 2.59 bits per heavy atom.